The van der Waals surface area contributed by atoms with Crippen LogP contribution in [-0.4, -0.2) is 10.7 Å². The van der Waals surface area contributed by atoms with Crippen LogP contribution in [-0.2, 0) is 4.74 Å². The van der Waals surface area contributed by atoms with Crippen LogP contribution in [0.2, 0.25) is 20.1 Å². The smallest absolute Gasteiger partial charge is 0.0931 e. The molecule has 23 heavy (non-hydrogen) atoms. The molecule has 0 radical (unpaired) electrons. The van der Waals surface area contributed by atoms with Gasteiger partial charge >= 0.3 is 0 Å². The summed E-state index contributed by atoms with van der Waals surface area (Å²) in [6.07, 6.45) is -0.432. The number of alkyl halides is 2. The highest BCUT2D eigenvalue weighted by Crippen LogP contribution is 2.34. The maximum Gasteiger partial charge on any atom is 0.0931 e. The molecular weight excluding hydrogens is 510 g/mol. The van der Waals surface area contributed by atoms with E-state index in [9.17, 15) is 0 Å². The van der Waals surface area contributed by atoms with Gasteiger partial charge in [0.25, 0.3) is 0 Å². The second-order valence-electron chi connectivity index (χ2n) is 4.83. The number of hydrogen-bond donors (Lipinski definition) is 0. The molecule has 0 aliphatic heterocycles. The molecule has 0 saturated carbocycles. The van der Waals surface area contributed by atoms with Crippen LogP contribution in [0.4, 0.5) is 0 Å². The Morgan fingerprint density at radius 1 is 0.652 bits per heavy atom. The molecule has 0 saturated heterocycles. The minimum absolute atomic E-state index is 0.216. The van der Waals surface area contributed by atoms with Gasteiger partial charge in [-0.05, 0) is 47.5 Å². The third-order valence-corrected chi connectivity index (χ3v) is 5.17. The zero-order valence-electron chi connectivity index (χ0n) is 11.7. The third-order valence-electron chi connectivity index (χ3n) is 3.12. The zero-order chi connectivity index (χ0) is 17.0. The fraction of sp³-hybridized carbons (Fsp3) is 0.250. The Morgan fingerprint density at radius 3 is 1.22 bits per heavy atom. The van der Waals surface area contributed by atoms with Gasteiger partial charge in [0.1, 0.15) is 0 Å². The standard InChI is InChI=1S/C16H12Br2Cl4O/c17-7-15(9-1-11(19)5-12(20)2-9)23-16(8-18)10-3-13(21)6-14(22)4-10/h1-6,15-16H,7-8H2. The van der Waals surface area contributed by atoms with Crippen molar-refractivity contribution in [2.45, 2.75) is 12.2 Å². The van der Waals surface area contributed by atoms with E-state index in [1.165, 1.54) is 0 Å². The van der Waals surface area contributed by atoms with Crippen LogP contribution < -0.4 is 0 Å². The Labute approximate surface area is 172 Å². The summed E-state index contributed by atoms with van der Waals surface area (Å²) >= 11 is 31.3. The molecule has 0 aliphatic rings. The second-order valence-corrected chi connectivity index (χ2v) is 7.87. The van der Waals surface area contributed by atoms with Gasteiger partial charge in [0.15, 0.2) is 0 Å². The Hall–Kier alpha value is 0.520. The predicted octanol–water partition coefficient (Wildman–Crippen LogP) is 7.89. The van der Waals surface area contributed by atoms with Crippen molar-refractivity contribution < 1.29 is 4.74 Å². The third kappa shape index (κ3) is 5.78. The van der Waals surface area contributed by atoms with Crippen LogP contribution in [0.25, 0.3) is 0 Å². The maximum absolute atomic E-state index is 6.21. The van der Waals surface area contributed by atoms with Crippen LogP contribution in [0.5, 0.6) is 0 Å². The molecule has 0 amide bonds. The van der Waals surface area contributed by atoms with Crippen molar-refractivity contribution in [3.8, 4) is 0 Å². The highest BCUT2D eigenvalue weighted by Gasteiger charge is 2.20. The molecule has 2 unspecified atom stereocenters. The number of halogens is 6. The first-order chi connectivity index (χ1) is 10.9. The topological polar surface area (TPSA) is 9.23 Å². The molecule has 2 aromatic rings. The maximum atomic E-state index is 6.21. The van der Waals surface area contributed by atoms with E-state index in [-0.39, 0.29) is 12.2 Å². The zero-order valence-corrected chi connectivity index (χ0v) is 17.9. The largest absolute Gasteiger partial charge is 0.364 e. The van der Waals surface area contributed by atoms with Gasteiger partial charge < -0.3 is 4.74 Å². The summed E-state index contributed by atoms with van der Waals surface area (Å²) < 4.78 is 6.21. The Balaban J connectivity index is 2.27. The van der Waals surface area contributed by atoms with Crippen LogP contribution in [0.3, 0.4) is 0 Å². The van der Waals surface area contributed by atoms with Gasteiger partial charge in [-0.15, -0.1) is 0 Å². The van der Waals surface area contributed by atoms with Gasteiger partial charge in [0, 0.05) is 30.8 Å². The van der Waals surface area contributed by atoms with Gasteiger partial charge in [0.2, 0.25) is 0 Å². The first-order valence-electron chi connectivity index (χ1n) is 6.62. The molecule has 1 nitrogen and oxygen atoms in total. The highest BCUT2D eigenvalue weighted by atomic mass is 79.9. The first-order valence-corrected chi connectivity index (χ1v) is 10.4. The van der Waals surface area contributed by atoms with Crippen molar-refractivity contribution in [1.82, 2.24) is 0 Å². The van der Waals surface area contributed by atoms with Crippen molar-refractivity contribution in [2.24, 2.45) is 0 Å². The molecule has 0 N–H and O–H groups in total. The van der Waals surface area contributed by atoms with Crippen LogP contribution >= 0.6 is 78.3 Å². The van der Waals surface area contributed by atoms with E-state index in [1.54, 1.807) is 12.1 Å². The van der Waals surface area contributed by atoms with E-state index in [1.807, 2.05) is 24.3 Å². The fourth-order valence-electron chi connectivity index (χ4n) is 2.13. The lowest BCUT2D eigenvalue weighted by Crippen LogP contribution is -2.13. The summed E-state index contributed by atoms with van der Waals surface area (Å²) in [5.41, 5.74) is 1.80. The summed E-state index contributed by atoms with van der Waals surface area (Å²) in [5.74, 6) is 0. The van der Waals surface area contributed by atoms with Gasteiger partial charge in [-0.25, -0.2) is 0 Å². The molecule has 2 rings (SSSR count). The fourth-order valence-corrected chi connectivity index (χ4v) is 4.27. The summed E-state index contributed by atoms with van der Waals surface area (Å²) in [7, 11) is 0. The van der Waals surface area contributed by atoms with Crippen molar-refractivity contribution >= 4 is 78.3 Å². The molecule has 124 valence electrons. The number of hydrogen-bond acceptors (Lipinski definition) is 1. The quantitative estimate of drug-likeness (QED) is 0.351. The van der Waals surface area contributed by atoms with E-state index in [2.05, 4.69) is 31.9 Å². The average Bonchev–Trinajstić information content (AvgIpc) is 2.46. The van der Waals surface area contributed by atoms with Crippen LogP contribution in [0.1, 0.15) is 23.3 Å². The van der Waals surface area contributed by atoms with E-state index in [0.29, 0.717) is 30.8 Å². The minimum atomic E-state index is -0.216. The number of benzene rings is 2. The Kier molecular flexibility index (Phi) is 8.01. The van der Waals surface area contributed by atoms with Crippen molar-refractivity contribution in [3.63, 3.8) is 0 Å². The normalized spacial score (nSPS) is 13.8. The second kappa shape index (κ2) is 9.28. The summed E-state index contributed by atoms with van der Waals surface area (Å²) in [6.45, 7) is 0. The average molecular weight is 522 g/mol. The monoisotopic (exact) mass is 518 g/mol. The van der Waals surface area contributed by atoms with Crippen molar-refractivity contribution in [1.29, 1.82) is 0 Å². The minimum Gasteiger partial charge on any atom is -0.364 e. The summed E-state index contributed by atoms with van der Waals surface area (Å²) in [6, 6.07) is 10.8. The Bertz CT molecular complexity index is 583. The number of rotatable bonds is 6. The lowest BCUT2D eigenvalue weighted by atomic mass is 10.1. The molecule has 0 aromatic heterocycles. The molecule has 0 bridgehead atoms. The van der Waals surface area contributed by atoms with Gasteiger partial charge in [-0.1, -0.05) is 78.3 Å². The lowest BCUT2D eigenvalue weighted by molar-refractivity contribution is 0.0128. The highest BCUT2D eigenvalue weighted by molar-refractivity contribution is 9.09. The van der Waals surface area contributed by atoms with E-state index >= 15 is 0 Å². The summed E-state index contributed by atoms with van der Waals surface area (Å²) in [4.78, 5) is 0. The predicted molar refractivity (Wildman–Crippen MR) is 107 cm³/mol. The van der Waals surface area contributed by atoms with E-state index < -0.39 is 0 Å². The molecular formula is C16H12Br2Cl4O. The molecule has 0 aliphatic carbocycles. The molecule has 0 spiro atoms. The Morgan fingerprint density at radius 2 is 0.957 bits per heavy atom. The molecule has 2 atom stereocenters. The molecule has 0 fully saturated rings. The van der Waals surface area contributed by atoms with Gasteiger partial charge in [0.05, 0.1) is 12.2 Å². The molecule has 0 heterocycles. The SMILES string of the molecule is Clc1cc(Cl)cc(C(CBr)OC(CBr)c2cc(Cl)cc(Cl)c2)c1. The number of ether oxygens (including phenoxy) is 1. The van der Waals surface area contributed by atoms with Crippen LogP contribution in [0.15, 0.2) is 36.4 Å². The van der Waals surface area contributed by atoms with Crippen molar-refractivity contribution in [2.75, 3.05) is 10.7 Å². The molecule has 2 aromatic carbocycles. The van der Waals surface area contributed by atoms with E-state index in [4.69, 9.17) is 51.1 Å². The van der Waals surface area contributed by atoms with Gasteiger partial charge in [-0.3, -0.25) is 0 Å². The lowest BCUT2D eigenvalue weighted by Gasteiger charge is -2.24. The summed E-state index contributed by atoms with van der Waals surface area (Å²) in [5, 5.41) is 3.49. The van der Waals surface area contributed by atoms with E-state index in [0.717, 1.165) is 11.1 Å². The van der Waals surface area contributed by atoms with Gasteiger partial charge in [-0.2, -0.15) is 0 Å². The molecule has 7 heteroatoms. The van der Waals surface area contributed by atoms with Crippen LogP contribution in [0, 0.1) is 0 Å². The first kappa shape index (κ1) is 19.8. The van der Waals surface area contributed by atoms with Crippen molar-refractivity contribution in [3.05, 3.63) is 67.6 Å².